The Hall–Kier alpha value is -3.46. The van der Waals surface area contributed by atoms with Crippen molar-refractivity contribution < 1.29 is 18.0 Å². The number of H-pyrrole nitrogens is 1. The number of amides is 1. The standard InChI is InChI=1S/C23H21F3N4O2/c1-12-22(31)29-21-17(28-12)6-4-15(19(21)25)11-30-8-7-13(10-30)9-14-3-5-16(23(32)27-2)20(26)18(14)24/h3-6,9H,7-8,10-11H2,1-2H3,(H,27,32)(H,29,31)/b13-9-. The molecule has 1 aliphatic heterocycles. The second-order valence-corrected chi connectivity index (χ2v) is 7.76. The predicted octanol–water partition coefficient (Wildman–Crippen LogP) is 3.30. The van der Waals surface area contributed by atoms with E-state index >= 15 is 0 Å². The lowest BCUT2D eigenvalue weighted by atomic mass is 10.1. The maximum atomic E-state index is 14.9. The number of aryl methyl sites for hydroxylation is 1. The smallest absolute Gasteiger partial charge is 0.269 e. The van der Waals surface area contributed by atoms with Gasteiger partial charge in [-0.15, -0.1) is 0 Å². The lowest BCUT2D eigenvalue weighted by molar-refractivity contribution is 0.0958. The van der Waals surface area contributed by atoms with Crippen LogP contribution < -0.4 is 10.9 Å². The zero-order valence-electron chi connectivity index (χ0n) is 17.6. The first kappa shape index (κ1) is 21.8. The molecular weight excluding hydrogens is 421 g/mol. The van der Waals surface area contributed by atoms with E-state index in [1.54, 1.807) is 25.1 Å². The second kappa shape index (κ2) is 8.58. The van der Waals surface area contributed by atoms with Gasteiger partial charge in [-0.3, -0.25) is 14.5 Å². The fraction of sp³-hybridized carbons (Fsp3) is 0.261. The van der Waals surface area contributed by atoms with E-state index in [-0.39, 0.29) is 22.3 Å². The maximum absolute atomic E-state index is 14.9. The molecule has 9 heteroatoms. The van der Waals surface area contributed by atoms with E-state index in [1.807, 2.05) is 4.90 Å². The Bertz CT molecular complexity index is 1320. The van der Waals surface area contributed by atoms with Crippen LogP contribution in [0.2, 0.25) is 0 Å². The minimum Gasteiger partial charge on any atom is -0.355 e. The summed E-state index contributed by atoms with van der Waals surface area (Å²) in [6.07, 6.45) is 2.18. The molecule has 2 aromatic carbocycles. The number of aromatic nitrogens is 2. The molecule has 2 heterocycles. The highest BCUT2D eigenvalue weighted by Gasteiger charge is 2.21. The van der Waals surface area contributed by atoms with E-state index < -0.39 is 28.9 Å². The zero-order valence-corrected chi connectivity index (χ0v) is 17.6. The lowest BCUT2D eigenvalue weighted by Crippen LogP contribution is -2.20. The Labute approximate surface area is 181 Å². The van der Waals surface area contributed by atoms with E-state index in [0.29, 0.717) is 37.1 Å². The van der Waals surface area contributed by atoms with E-state index in [1.165, 1.54) is 19.2 Å². The van der Waals surface area contributed by atoms with Crippen molar-refractivity contribution in [3.05, 3.63) is 80.0 Å². The van der Waals surface area contributed by atoms with Gasteiger partial charge in [0, 0.05) is 37.8 Å². The Balaban J connectivity index is 1.53. The minimum absolute atomic E-state index is 0.0582. The van der Waals surface area contributed by atoms with E-state index in [0.717, 1.165) is 5.57 Å². The summed E-state index contributed by atoms with van der Waals surface area (Å²) in [5.74, 6) is -3.49. The molecule has 0 aliphatic carbocycles. The molecule has 0 unspecified atom stereocenters. The van der Waals surface area contributed by atoms with Crippen LogP contribution in [-0.4, -0.2) is 40.9 Å². The van der Waals surface area contributed by atoms with Crippen molar-refractivity contribution in [2.24, 2.45) is 0 Å². The molecule has 0 bridgehead atoms. The van der Waals surface area contributed by atoms with Crippen LogP contribution in [0.3, 0.4) is 0 Å². The molecule has 6 nitrogen and oxygen atoms in total. The number of nitrogens with zero attached hydrogens (tertiary/aromatic N) is 2. The van der Waals surface area contributed by atoms with Crippen molar-refractivity contribution in [1.82, 2.24) is 20.2 Å². The molecule has 166 valence electrons. The van der Waals surface area contributed by atoms with Crippen molar-refractivity contribution in [2.75, 3.05) is 20.1 Å². The fourth-order valence-corrected chi connectivity index (χ4v) is 3.83. The van der Waals surface area contributed by atoms with Crippen LogP contribution in [-0.2, 0) is 6.54 Å². The van der Waals surface area contributed by atoms with Crippen LogP contribution in [0.1, 0.15) is 33.6 Å². The zero-order chi connectivity index (χ0) is 23.0. The predicted molar refractivity (Wildman–Crippen MR) is 115 cm³/mol. The summed E-state index contributed by atoms with van der Waals surface area (Å²) in [6, 6.07) is 5.91. The van der Waals surface area contributed by atoms with Gasteiger partial charge in [-0.05, 0) is 25.5 Å². The Kier molecular flexibility index (Phi) is 5.84. The van der Waals surface area contributed by atoms with Crippen molar-refractivity contribution in [1.29, 1.82) is 0 Å². The number of carbonyl (C=O) groups excluding carboxylic acids is 1. The number of rotatable bonds is 4. The SMILES string of the molecule is CNC(=O)c1ccc(/C=C2/CCN(Cc3ccc4nc(C)c(=O)[nH]c4c3F)C2)c(F)c1F. The van der Waals surface area contributed by atoms with Gasteiger partial charge in [0.25, 0.3) is 11.5 Å². The van der Waals surface area contributed by atoms with Crippen LogP contribution in [0.15, 0.2) is 34.6 Å². The topological polar surface area (TPSA) is 78.1 Å². The minimum atomic E-state index is -1.19. The number of carbonyl (C=O) groups is 1. The van der Waals surface area contributed by atoms with E-state index in [4.69, 9.17) is 0 Å². The molecule has 1 aromatic heterocycles. The van der Waals surface area contributed by atoms with Gasteiger partial charge < -0.3 is 10.3 Å². The maximum Gasteiger partial charge on any atom is 0.269 e. The van der Waals surface area contributed by atoms with Crippen molar-refractivity contribution in [3.63, 3.8) is 0 Å². The number of fused-ring (bicyclic) bond motifs is 1. The van der Waals surface area contributed by atoms with Crippen LogP contribution in [0.4, 0.5) is 13.2 Å². The average molecular weight is 442 g/mol. The Morgan fingerprint density at radius 2 is 1.97 bits per heavy atom. The average Bonchev–Trinajstić information content (AvgIpc) is 3.21. The van der Waals surface area contributed by atoms with Gasteiger partial charge in [0.05, 0.1) is 11.1 Å². The van der Waals surface area contributed by atoms with Crippen molar-refractivity contribution in [3.8, 4) is 0 Å². The number of aromatic amines is 1. The van der Waals surface area contributed by atoms with Gasteiger partial charge in [-0.25, -0.2) is 18.2 Å². The van der Waals surface area contributed by atoms with E-state index in [9.17, 15) is 22.8 Å². The third kappa shape index (κ3) is 4.03. The van der Waals surface area contributed by atoms with Crippen molar-refractivity contribution in [2.45, 2.75) is 19.9 Å². The first-order chi connectivity index (χ1) is 15.3. The summed E-state index contributed by atoms with van der Waals surface area (Å²) >= 11 is 0. The molecule has 0 radical (unpaired) electrons. The van der Waals surface area contributed by atoms with E-state index in [2.05, 4.69) is 15.3 Å². The van der Waals surface area contributed by atoms with Gasteiger partial charge in [-0.2, -0.15) is 0 Å². The summed E-state index contributed by atoms with van der Waals surface area (Å²) in [6.45, 7) is 2.93. The fourth-order valence-electron chi connectivity index (χ4n) is 3.83. The number of hydrogen-bond donors (Lipinski definition) is 2. The number of halogens is 3. The molecule has 0 atom stereocenters. The third-order valence-electron chi connectivity index (χ3n) is 5.57. The summed E-state index contributed by atoms with van der Waals surface area (Å²) < 4.78 is 43.6. The Morgan fingerprint density at radius 3 is 2.72 bits per heavy atom. The first-order valence-corrected chi connectivity index (χ1v) is 10.1. The molecule has 1 fully saturated rings. The van der Waals surface area contributed by atoms with Gasteiger partial charge in [-0.1, -0.05) is 23.8 Å². The number of hydrogen-bond acceptors (Lipinski definition) is 4. The summed E-state index contributed by atoms with van der Waals surface area (Å²) in [5, 5.41) is 2.27. The molecule has 4 rings (SSSR count). The number of benzene rings is 2. The number of likely N-dealkylation sites (tertiary alicyclic amines) is 1. The third-order valence-corrected chi connectivity index (χ3v) is 5.57. The van der Waals surface area contributed by atoms with Gasteiger partial charge in [0.15, 0.2) is 17.5 Å². The number of nitrogens with one attached hydrogen (secondary N) is 2. The summed E-state index contributed by atoms with van der Waals surface area (Å²) in [7, 11) is 1.34. The van der Waals surface area contributed by atoms with Crippen LogP contribution in [0.25, 0.3) is 17.1 Å². The molecule has 1 saturated heterocycles. The molecule has 32 heavy (non-hydrogen) atoms. The van der Waals surface area contributed by atoms with Gasteiger partial charge in [0.2, 0.25) is 0 Å². The van der Waals surface area contributed by atoms with Crippen LogP contribution in [0.5, 0.6) is 0 Å². The monoisotopic (exact) mass is 442 g/mol. The van der Waals surface area contributed by atoms with Crippen LogP contribution in [0, 0.1) is 24.4 Å². The Morgan fingerprint density at radius 1 is 1.19 bits per heavy atom. The normalized spacial score (nSPS) is 15.6. The second-order valence-electron chi connectivity index (χ2n) is 7.76. The van der Waals surface area contributed by atoms with Crippen molar-refractivity contribution >= 4 is 23.0 Å². The quantitative estimate of drug-likeness (QED) is 0.650. The molecule has 2 N–H and O–H groups in total. The highest BCUT2D eigenvalue weighted by Crippen LogP contribution is 2.25. The van der Waals surface area contributed by atoms with Gasteiger partial charge in [0.1, 0.15) is 11.2 Å². The molecule has 0 saturated carbocycles. The molecule has 0 spiro atoms. The first-order valence-electron chi connectivity index (χ1n) is 10.1. The summed E-state index contributed by atoms with van der Waals surface area (Å²) in [4.78, 5) is 32.0. The molecular formula is C23H21F3N4O2. The highest BCUT2D eigenvalue weighted by molar-refractivity contribution is 5.94. The molecule has 3 aromatic rings. The molecule has 1 aliphatic rings. The highest BCUT2D eigenvalue weighted by atomic mass is 19.2. The lowest BCUT2D eigenvalue weighted by Gasteiger charge is -2.15. The molecule has 1 amide bonds. The van der Waals surface area contributed by atoms with Gasteiger partial charge >= 0.3 is 0 Å². The summed E-state index contributed by atoms with van der Waals surface area (Å²) in [5.41, 5.74) is 1.26. The largest absolute Gasteiger partial charge is 0.355 e. The van der Waals surface area contributed by atoms with Crippen LogP contribution >= 0.6 is 0 Å².